The number of carbonyl (C=O) groups is 1. The smallest absolute Gasteiger partial charge is 0.850 e. The van der Waals surface area contributed by atoms with E-state index < -0.39 is 26.6 Å². The Morgan fingerprint density at radius 1 is 0.521 bits per heavy atom. The molecule has 0 saturated carbocycles. The van der Waals surface area contributed by atoms with E-state index in [2.05, 4.69) is 129 Å². The van der Waals surface area contributed by atoms with Gasteiger partial charge in [0.05, 0.1) is 70.3 Å². The Hall–Kier alpha value is -5.32. The zero-order valence-electron chi connectivity index (χ0n) is 40.5. The van der Waals surface area contributed by atoms with Gasteiger partial charge in [0.15, 0.2) is 0 Å². The molecule has 394 valence electrons. The number of carboxylic acids is 1. The maximum absolute atomic E-state index is 14.6. The van der Waals surface area contributed by atoms with E-state index in [0.717, 1.165) is 93.6 Å². The van der Waals surface area contributed by atoms with E-state index in [1.165, 1.54) is 0 Å². The van der Waals surface area contributed by atoms with Crippen molar-refractivity contribution in [3.63, 3.8) is 0 Å². The number of aryl methyl sites for hydroxylation is 4. The number of carbonyl (C=O) groups excluding carboxylic acids is 1. The number of aromatic nitrogens is 8. The Balaban J connectivity index is 0.000000641. The second-order valence-electron chi connectivity index (χ2n) is 16.2. The van der Waals surface area contributed by atoms with Crippen LogP contribution in [0.4, 0.5) is 34.5 Å². The zero-order chi connectivity index (χ0) is 51.9. The predicted octanol–water partition coefficient (Wildman–Crippen LogP) is 7.70. The Kier molecular flexibility index (Phi) is 24.6. The van der Waals surface area contributed by atoms with Crippen LogP contribution in [-0.4, -0.2) is 99.4 Å². The molecule has 4 aromatic carbocycles. The molecule has 73 heavy (non-hydrogen) atoms. The van der Waals surface area contributed by atoms with Gasteiger partial charge in [0.1, 0.15) is 23.3 Å². The fourth-order valence-corrected chi connectivity index (χ4v) is 8.42. The van der Waals surface area contributed by atoms with Crippen LogP contribution in [0.15, 0.2) is 97.1 Å². The van der Waals surface area contributed by atoms with Gasteiger partial charge in [-0.25, -0.2) is 19.9 Å². The molecule has 4 heterocycles. The van der Waals surface area contributed by atoms with Gasteiger partial charge in [-0.1, -0.05) is 48.5 Å². The fraction of sp³-hybridized carbons (Fsp3) is 0.383. The standard InChI is InChI=1S/C43H49N10O.C4H8O3.2BF4.2Fe/c1-5-50-36-21-13-9-17-32(36)44-40(50)27-48(28-41-45-33-18-10-14-22-37(33)51(41)6-2)25-31(54)26-49(29-42-46-34-19-11-15-23-38(34)52(42)7-3)30-43-47-35-20-12-16-24-39(35)53(43)8-4;5-3-1-2-4(6)7;2*2-1(3,4)5;;/h9-24,31H,5-8,25-30H2,1-4H3;5H,1-3H2,(H,6,7);;;;/q-1;;2*-1;2*+3/p-1. The summed E-state index contributed by atoms with van der Waals surface area (Å²) in [4.78, 5) is 34.3. The summed E-state index contributed by atoms with van der Waals surface area (Å²) < 4.78 is 87.1. The molecule has 8 aromatic rings. The topological polar surface area (TPSA) is 161 Å². The molecule has 2 radical (unpaired) electrons. The van der Waals surface area contributed by atoms with Crippen LogP contribution in [0.25, 0.3) is 44.1 Å². The predicted molar refractivity (Wildman–Crippen MR) is 255 cm³/mol. The molecule has 0 unspecified atom stereocenters. The van der Waals surface area contributed by atoms with Crippen LogP contribution in [-0.2, 0) is 91.3 Å². The van der Waals surface area contributed by atoms with E-state index in [1.807, 2.05) is 24.3 Å². The maximum atomic E-state index is 14.6. The number of nitrogens with zero attached hydrogens (tertiary/aromatic N) is 10. The molecule has 14 nitrogen and oxygen atoms in total. The van der Waals surface area contributed by atoms with Gasteiger partial charge in [-0.15, -0.1) is 6.10 Å². The van der Waals surface area contributed by atoms with Crippen molar-refractivity contribution in [2.75, 3.05) is 19.7 Å². The molecule has 0 saturated heterocycles. The number of halogens is 8. The van der Waals surface area contributed by atoms with Crippen molar-refractivity contribution in [1.82, 2.24) is 48.0 Å². The van der Waals surface area contributed by atoms with Gasteiger partial charge in [-0.3, -0.25) is 9.80 Å². The van der Waals surface area contributed by atoms with Crippen LogP contribution in [0.3, 0.4) is 0 Å². The van der Waals surface area contributed by atoms with Crippen molar-refractivity contribution in [2.45, 2.75) is 99.0 Å². The monoisotopic (exact) mass is 1110 g/mol. The summed E-state index contributed by atoms with van der Waals surface area (Å²) in [7, 11) is -12.0. The van der Waals surface area contributed by atoms with Gasteiger partial charge in [0.2, 0.25) is 0 Å². The fourth-order valence-electron chi connectivity index (χ4n) is 8.42. The molecule has 0 aliphatic carbocycles. The average Bonchev–Trinajstić information content (AvgIpc) is 4.05. The van der Waals surface area contributed by atoms with Crippen LogP contribution in [0, 0.1) is 0 Å². The maximum Gasteiger partial charge on any atom is 3.00 e. The van der Waals surface area contributed by atoms with Crippen LogP contribution in [0.2, 0.25) is 0 Å². The summed E-state index contributed by atoms with van der Waals surface area (Å²) in [6.45, 7) is 14.5. The first-order valence-corrected chi connectivity index (χ1v) is 23.2. The molecule has 0 amide bonds. The van der Waals surface area contributed by atoms with Crippen LogP contribution >= 0.6 is 0 Å². The second kappa shape index (κ2) is 28.9. The van der Waals surface area contributed by atoms with Crippen molar-refractivity contribution < 1.29 is 88.8 Å². The molecule has 0 aliphatic heterocycles. The average molecular weight is 1110 g/mol. The summed E-state index contributed by atoms with van der Waals surface area (Å²) >= 11 is 0. The first-order valence-electron chi connectivity index (χ1n) is 23.2. The number of benzene rings is 4. The van der Waals surface area contributed by atoms with Gasteiger partial charge in [-0.2, -0.15) is 0 Å². The van der Waals surface area contributed by atoms with Crippen molar-refractivity contribution in [2.24, 2.45) is 0 Å². The summed E-state index contributed by atoms with van der Waals surface area (Å²) in [5.41, 5.74) is 8.32. The molecule has 8 rings (SSSR count). The number of para-hydroxylation sites is 8. The molecule has 0 aliphatic rings. The van der Waals surface area contributed by atoms with Crippen LogP contribution in [0.5, 0.6) is 0 Å². The Morgan fingerprint density at radius 3 is 0.945 bits per heavy atom. The molecule has 0 spiro atoms. The first-order chi connectivity index (χ1) is 33.7. The number of hydrogen-bond acceptors (Lipinski definition) is 10. The summed E-state index contributed by atoms with van der Waals surface area (Å²) in [6, 6.07) is 33.1. The van der Waals surface area contributed by atoms with E-state index >= 15 is 0 Å². The quantitative estimate of drug-likeness (QED) is 0.0628. The number of aliphatic hydroxyl groups excluding tert-OH is 1. The van der Waals surface area contributed by atoms with Crippen LogP contribution < -0.4 is 10.2 Å². The first kappa shape index (κ1) is 62.0. The van der Waals surface area contributed by atoms with Gasteiger partial charge in [-0.05, 0) is 102 Å². The molecule has 4 aromatic heterocycles. The van der Waals surface area contributed by atoms with Crippen LogP contribution in [0.1, 0.15) is 63.8 Å². The van der Waals surface area contributed by atoms with E-state index in [1.54, 1.807) is 0 Å². The summed E-state index contributed by atoms with van der Waals surface area (Å²) in [5, 5.41) is 32.2. The third-order valence-electron chi connectivity index (χ3n) is 11.1. The number of hydrogen-bond donors (Lipinski definition) is 1. The van der Waals surface area contributed by atoms with Gasteiger partial charge >= 0.3 is 48.6 Å². The Labute approximate surface area is 438 Å². The van der Waals surface area contributed by atoms with Gasteiger partial charge in [0, 0.05) is 38.8 Å². The SMILES string of the molecule is CCn1c(CN(Cc2nc3ccccc3n2CC)CC([O-])CN(Cc2nc3ccccc3n2CC)Cc2nc3ccccc3n2CC)nc2ccccc21.F[B-](F)(F)F.F[B-](F)(F)F.O=C([O-])CCCO.[Fe+3].[Fe+3]. The molecule has 0 atom stereocenters. The number of fused-ring (bicyclic) bond motifs is 4. The number of carboxylic acid groups (broad SMARTS) is 1. The largest absolute Gasteiger partial charge is 3.00 e. The minimum atomic E-state index is -6.00. The van der Waals surface area contributed by atoms with E-state index in [9.17, 15) is 49.5 Å². The van der Waals surface area contributed by atoms with Crippen molar-refractivity contribution in [1.29, 1.82) is 0 Å². The molecule has 1 N–H and O–H groups in total. The normalized spacial score (nSPS) is 11.6. The number of aliphatic hydroxyl groups is 1. The van der Waals surface area contributed by atoms with E-state index in [0.29, 0.717) is 45.7 Å². The number of rotatable bonds is 19. The summed E-state index contributed by atoms with van der Waals surface area (Å²) in [5.74, 6) is 2.71. The molecular weight excluding hydrogens is 1050 g/mol. The third-order valence-corrected chi connectivity index (χ3v) is 11.1. The van der Waals surface area contributed by atoms with Gasteiger partial charge in [0.25, 0.3) is 0 Å². The zero-order valence-corrected chi connectivity index (χ0v) is 42.7. The van der Waals surface area contributed by atoms with Gasteiger partial charge < -0.3 is 72.9 Å². The van der Waals surface area contributed by atoms with Crippen molar-refractivity contribution >= 4 is 64.6 Å². The Morgan fingerprint density at radius 2 is 0.753 bits per heavy atom. The molecule has 0 bridgehead atoms. The minimum absolute atomic E-state index is 0. The minimum Gasteiger partial charge on any atom is -0.850 e. The summed E-state index contributed by atoms with van der Waals surface area (Å²) in [6.07, 6.45) is -0.679. The third kappa shape index (κ3) is 18.5. The van der Waals surface area contributed by atoms with E-state index in [4.69, 9.17) is 25.0 Å². The second-order valence-corrected chi connectivity index (χ2v) is 16.2. The Bertz CT molecular complexity index is 2590. The van der Waals surface area contributed by atoms with Crippen molar-refractivity contribution in [3.8, 4) is 0 Å². The molecular formula is C47H56B2F8Fe2N10O4+2. The van der Waals surface area contributed by atoms with E-state index in [-0.39, 0.29) is 47.2 Å². The number of imidazole rings is 4. The molecule has 26 heteroatoms. The number of aliphatic carboxylic acids is 1. The molecule has 0 fully saturated rings. The van der Waals surface area contributed by atoms with Crippen molar-refractivity contribution in [3.05, 3.63) is 120 Å².